The van der Waals surface area contributed by atoms with E-state index in [2.05, 4.69) is 52.4 Å². The average Bonchev–Trinajstić information content (AvgIpc) is 3.65. The molecular formula is C30H33N5O3S. The zero-order valence-electron chi connectivity index (χ0n) is 22.5. The van der Waals surface area contributed by atoms with Crippen molar-refractivity contribution in [1.82, 2.24) is 19.8 Å². The smallest absolute Gasteiger partial charge is 0.322 e. The number of rotatable bonds is 5. The molecule has 0 saturated heterocycles. The molecule has 2 heterocycles. The van der Waals surface area contributed by atoms with Crippen molar-refractivity contribution in [2.24, 2.45) is 7.05 Å². The van der Waals surface area contributed by atoms with Gasteiger partial charge in [0.25, 0.3) is 0 Å². The maximum Gasteiger partial charge on any atom is 0.322 e. The third-order valence-corrected chi connectivity index (χ3v) is 9.90. The standard InChI is InChI=1S/C30H33N5O3S/c1-20-14-23-18-33-34(3)28(23)16-25(20)22-8-11-27-26(15-22)30(12-4-5-13-30)19-35(27)29(36)32-17-21-6-9-24(10-7-21)39(37,38)31-2/h6-11,14-16,18,31H,4-5,12-13,17,19H2,1-3H3,(H,32,36). The topological polar surface area (TPSA) is 96.3 Å². The molecule has 2 N–H and O–H groups in total. The number of hydrogen-bond acceptors (Lipinski definition) is 4. The van der Waals surface area contributed by atoms with E-state index < -0.39 is 10.0 Å². The SMILES string of the molecule is CNS(=O)(=O)c1ccc(CNC(=O)N2CC3(CCCC3)c3cc(-c4cc5c(cnn5C)cc4C)ccc32)cc1. The summed E-state index contributed by atoms with van der Waals surface area (Å²) in [5.74, 6) is 0. The largest absolute Gasteiger partial charge is 0.334 e. The van der Waals surface area contributed by atoms with Crippen molar-refractivity contribution in [2.45, 2.75) is 49.5 Å². The van der Waals surface area contributed by atoms with Gasteiger partial charge < -0.3 is 5.32 Å². The first-order chi connectivity index (χ1) is 18.7. The summed E-state index contributed by atoms with van der Waals surface area (Å²) in [5, 5.41) is 8.59. The molecule has 2 aliphatic rings. The number of hydrogen-bond donors (Lipinski definition) is 2. The molecule has 202 valence electrons. The highest BCUT2D eigenvalue weighted by atomic mass is 32.2. The predicted octanol–water partition coefficient (Wildman–Crippen LogP) is 5.00. The number of amides is 2. The van der Waals surface area contributed by atoms with Gasteiger partial charge in [0, 0.05) is 36.6 Å². The highest BCUT2D eigenvalue weighted by molar-refractivity contribution is 7.89. The lowest BCUT2D eigenvalue weighted by atomic mass is 9.79. The molecule has 0 radical (unpaired) electrons. The van der Waals surface area contributed by atoms with Crippen LogP contribution in [0.15, 0.2) is 65.7 Å². The van der Waals surface area contributed by atoms with E-state index in [4.69, 9.17) is 0 Å². The van der Waals surface area contributed by atoms with Crippen LogP contribution >= 0.6 is 0 Å². The maximum absolute atomic E-state index is 13.5. The van der Waals surface area contributed by atoms with Crippen molar-refractivity contribution in [3.63, 3.8) is 0 Å². The Bertz CT molecular complexity index is 1690. The van der Waals surface area contributed by atoms with Crippen molar-refractivity contribution in [1.29, 1.82) is 0 Å². The molecule has 3 aromatic carbocycles. The Balaban J connectivity index is 1.28. The molecular weight excluding hydrogens is 510 g/mol. The van der Waals surface area contributed by atoms with Gasteiger partial charge in [0.15, 0.2) is 0 Å². The second-order valence-electron chi connectivity index (χ2n) is 10.8. The highest BCUT2D eigenvalue weighted by Gasteiger charge is 2.46. The second-order valence-corrected chi connectivity index (χ2v) is 12.7. The molecule has 6 rings (SSSR count). The Kier molecular flexibility index (Phi) is 6.23. The van der Waals surface area contributed by atoms with Crippen LogP contribution in [0.5, 0.6) is 0 Å². The molecule has 1 saturated carbocycles. The minimum absolute atomic E-state index is 0.0175. The number of carbonyl (C=O) groups excluding carboxylic acids is 1. The number of nitrogens with one attached hydrogen (secondary N) is 2. The van der Waals surface area contributed by atoms with Crippen LogP contribution in [0.1, 0.15) is 42.4 Å². The van der Waals surface area contributed by atoms with E-state index in [1.165, 1.54) is 42.1 Å². The van der Waals surface area contributed by atoms with Gasteiger partial charge in [-0.15, -0.1) is 0 Å². The highest BCUT2D eigenvalue weighted by Crippen LogP contribution is 2.51. The predicted molar refractivity (Wildman–Crippen MR) is 153 cm³/mol. The second kappa shape index (κ2) is 9.50. The van der Waals surface area contributed by atoms with Crippen LogP contribution in [-0.2, 0) is 29.0 Å². The number of nitrogens with zero attached hydrogens (tertiary/aromatic N) is 3. The molecule has 0 unspecified atom stereocenters. The molecule has 39 heavy (non-hydrogen) atoms. The van der Waals surface area contributed by atoms with Gasteiger partial charge in [0.1, 0.15) is 0 Å². The van der Waals surface area contributed by atoms with Gasteiger partial charge in [0.2, 0.25) is 10.0 Å². The molecule has 1 fully saturated rings. The number of urea groups is 1. The molecule has 1 aliphatic heterocycles. The van der Waals surface area contributed by atoms with Gasteiger partial charge in [-0.25, -0.2) is 17.9 Å². The van der Waals surface area contributed by atoms with E-state index in [1.807, 2.05) is 22.8 Å². The number of fused-ring (bicyclic) bond motifs is 3. The lowest BCUT2D eigenvalue weighted by Gasteiger charge is -2.25. The normalized spacial score (nSPS) is 16.2. The molecule has 1 aromatic heterocycles. The van der Waals surface area contributed by atoms with Gasteiger partial charge in [0.05, 0.1) is 16.6 Å². The van der Waals surface area contributed by atoms with Crippen molar-refractivity contribution in [3.05, 3.63) is 77.5 Å². The zero-order chi connectivity index (χ0) is 27.4. The fraction of sp³-hybridized carbons (Fsp3) is 0.333. The average molecular weight is 544 g/mol. The number of benzene rings is 3. The summed E-state index contributed by atoms with van der Waals surface area (Å²) in [5.41, 5.74) is 7.72. The molecule has 1 spiro atoms. The van der Waals surface area contributed by atoms with E-state index in [1.54, 1.807) is 24.3 Å². The Morgan fingerprint density at radius 2 is 1.79 bits per heavy atom. The van der Waals surface area contributed by atoms with Crippen LogP contribution in [0.4, 0.5) is 10.5 Å². The van der Waals surface area contributed by atoms with Gasteiger partial charge >= 0.3 is 6.03 Å². The van der Waals surface area contributed by atoms with Gasteiger partial charge in [-0.1, -0.05) is 31.0 Å². The van der Waals surface area contributed by atoms with Crippen LogP contribution in [0.25, 0.3) is 22.0 Å². The van der Waals surface area contributed by atoms with Gasteiger partial charge in [-0.05, 0) is 91.0 Å². The van der Waals surface area contributed by atoms with Gasteiger partial charge in [-0.3, -0.25) is 9.58 Å². The molecule has 0 atom stereocenters. The molecule has 9 heteroatoms. The van der Waals surface area contributed by atoms with E-state index in [0.717, 1.165) is 35.0 Å². The van der Waals surface area contributed by atoms with E-state index >= 15 is 0 Å². The van der Waals surface area contributed by atoms with Crippen LogP contribution in [0.2, 0.25) is 0 Å². The van der Waals surface area contributed by atoms with Gasteiger partial charge in [-0.2, -0.15) is 5.10 Å². The van der Waals surface area contributed by atoms with Crippen LogP contribution < -0.4 is 14.9 Å². The Hall–Kier alpha value is -3.69. The lowest BCUT2D eigenvalue weighted by molar-refractivity contribution is 0.245. The Labute approximate surface area is 229 Å². The van der Waals surface area contributed by atoms with Crippen molar-refractivity contribution in [3.8, 4) is 11.1 Å². The third kappa shape index (κ3) is 4.39. The Morgan fingerprint density at radius 1 is 1.05 bits per heavy atom. The number of aryl methyl sites for hydroxylation is 2. The van der Waals surface area contributed by atoms with Crippen LogP contribution in [0, 0.1) is 6.92 Å². The first kappa shape index (κ1) is 25.6. The minimum Gasteiger partial charge on any atom is -0.334 e. The monoisotopic (exact) mass is 543 g/mol. The van der Waals surface area contributed by atoms with Crippen molar-refractivity contribution < 1.29 is 13.2 Å². The summed E-state index contributed by atoms with van der Waals surface area (Å²) in [4.78, 5) is 15.5. The van der Waals surface area contributed by atoms with E-state index in [9.17, 15) is 13.2 Å². The number of sulfonamides is 1. The zero-order valence-corrected chi connectivity index (χ0v) is 23.3. The minimum atomic E-state index is -3.49. The first-order valence-corrected chi connectivity index (χ1v) is 14.8. The molecule has 4 aromatic rings. The quantitative estimate of drug-likeness (QED) is 0.370. The summed E-state index contributed by atoms with van der Waals surface area (Å²) < 4.78 is 28.2. The number of carbonyl (C=O) groups is 1. The number of aromatic nitrogens is 2. The van der Waals surface area contributed by atoms with E-state index in [0.29, 0.717) is 13.1 Å². The molecule has 2 amide bonds. The molecule has 0 bridgehead atoms. The first-order valence-electron chi connectivity index (χ1n) is 13.4. The van der Waals surface area contributed by atoms with Crippen LogP contribution in [-0.4, -0.2) is 37.8 Å². The summed E-state index contributed by atoms with van der Waals surface area (Å²) >= 11 is 0. The summed E-state index contributed by atoms with van der Waals surface area (Å²) in [6, 6.07) is 17.4. The van der Waals surface area contributed by atoms with Crippen molar-refractivity contribution >= 4 is 32.6 Å². The molecule has 1 aliphatic carbocycles. The summed E-state index contributed by atoms with van der Waals surface area (Å²) in [6.07, 6.45) is 6.39. The van der Waals surface area contributed by atoms with E-state index in [-0.39, 0.29) is 16.3 Å². The fourth-order valence-corrected chi connectivity index (χ4v) is 7.03. The molecule has 8 nitrogen and oxygen atoms in total. The third-order valence-electron chi connectivity index (χ3n) is 8.47. The van der Waals surface area contributed by atoms with Crippen LogP contribution in [0.3, 0.4) is 0 Å². The Morgan fingerprint density at radius 3 is 2.51 bits per heavy atom. The lowest BCUT2D eigenvalue weighted by Crippen LogP contribution is -2.41. The summed E-state index contributed by atoms with van der Waals surface area (Å²) in [6.45, 7) is 3.14. The maximum atomic E-state index is 13.5. The number of anilines is 1. The fourth-order valence-electron chi connectivity index (χ4n) is 6.30. The summed E-state index contributed by atoms with van der Waals surface area (Å²) in [7, 11) is -0.140. The van der Waals surface area contributed by atoms with Crippen molar-refractivity contribution in [2.75, 3.05) is 18.5 Å².